The minimum Gasteiger partial charge on any atom is -0.332 e. The summed E-state index contributed by atoms with van der Waals surface area (Å²) in [5, 5.41) is 18.9. The van der Waals surface area contributed by atoms with Gasteiger partial charge in [0.15, 0.2) is 5.11 Å². The number of thiocarbonyl (C=S) groups is 1. The van der Waals surface area contributed by atoms with E-state index in [1.54, 1.807) is 29.0 Å². The lowest BCUT2D eigenvalue weighted by Crippen LogP contribution is -2.34. The quantitative estimate of drug-likeness (QED) is 0.454. The summed E-state index contributed by atoms with van der Waals surface area (Å²) in [6.45, 7) is 0. The highest BCUT2D eigenvalue weighted by Gasteiger charge is 2.10. The smallest absolute Gasteiger partial charge is 0.257 e. The van der Waals surface area contributed by atoms with E-state index in [0.29, 0.717) is 5.56 Å². The number of amides is 1. The van der Waals surface area contributed by atoms with Crippen LogP contribution in [0.2, 0.25) is 0 Å². The first-order valence-electron chi connectivity index (χ1n) is 7.74. The maximum absolute atomic E-state index is 12.3. The number of carbonyl (C=O) groups excluding carboxylic acids is 1. The van der Waals surface area contributed by atoms with Crippen LogP contribution < -0.4 is 10.6 Å². The van der Waals surface area contributed by atoms with E-state index in [1.807, 2.05) is 30.3 Å². The zero-order valence-electron chi connectivity index (χ0n) is 13.6. The number of benzene rings is 2. The average Bonchev–Trinajstić information content (AvgIpc) is 3.24. The molecule has 0 radical (unpaired) electrons. The number of carbonyl (C=O) groups is 1. The Hall–Kier alpha value is -2.69. The molecule has 0 saturated heterocycles. The molecular weight excluding hydrogens is 448 g/mol. The molecule has 2 N–H and O–H groups in total. The van der Waals surface area contributed by atoms with Crippen molar-refractivity contribution in [2.75, 3.05) is 5.32 Å². The molecule has 0 saturated carbocycles. The monoisotopic (exact) mass is 458 g/mol. The number of hydrogen-bond acceptors (Lipinski definition) is 6. The van der Waals surface area contributed by atoms with Crippen molar-refractivity contribution in [3.63, 3.8) is 0 Å². The Morgan fingerprint density at radius 1 is 1.19 bits per heavy atom. The highest BCUT2D eigenvalue weighted by molar-refractivity contribution is 9.10. The summed E-state index contributed by atoms with van der Waals surface area (Å²) in [7, 11) is 0. The predicted octanol–water partition coefficient (Wildman–Crippen LogP) is 3.74. The Bertz CT molecular complexity index is 1130. The SMILES string of the molecule is O=C(NC(=S)Nc1cccc(-c2nn3cnnc3s2)c1)c1cccc(Br)c1. The van der Waals surface area contributed by atoms with Crippen LogP contribution in [0.25, 0.3) is 15.5 Å². The van der Waals surface area contributed by atoms with Crippen molar-refractivity contribution in [3.05, 3.63) is 64.9 Å². The number of fused-ring (bicyclic) bond motifs is 1. The molecule has 134 valence electrons. The van der Waals surface area contributed by atoms with Crippen molar-refractivity contribution >= 4 is 61.2 Å². The van der Waals surface area contributed by atoms with Crippen LogP contribution >= 0.6 is 39.5 Å². The number of hydrogen-bond donors (Lipinski definition) is 2. The lowest BCUT2D eigenvalue weighted by Gasteiger charge is -2.10. The van der Waals surface area contributed by atoms with Gasteiger partial charge in [0.05, 0.1) is 0 Å². The molecule has 2 aromatic carbocycles. The van der Waals surface area contributed by atoms with Gasteiger partial charge in [-0.1, -0.05) is 45.5 Å². The zero-order valence-corrected chi connectivity index (χ0v) is 16.8. The van der Waals surface area contributed by atoms with Gasteiger partial charge < -0.3 is 5.32 Å². The molecule has 4 rings (SSSR count). The Labute approximate surface area is 171 Å². The second kappa shape index (κ2) is 7.51. The fourth-order valence-corrected chi connectivity index (χ4v) is 3.80. The molecule has 2 heterocycles. The van der Waals surface area contributed by atoms with E-state index in [4.69, 9.17) is 12.2 Å². The van der Waals surface area contributed by atoms with Crippen LogP contribution in [0.5, 0.6) is 0 Å². The van der Waals surface area contributed by atoms with Gasteiger partial charge in [-0.3, -0.25) is 10.1 Å². The van der Waals surface area contributed by atoms with Crippen LogP contribution in [-0.2, 0) is 0 Å². The van der Waals surface area contributed by atoms with Crippen molar-refractivity contribution in [1.82, 2.24) is 25.1 Å². The third kappa shape index (κ3) is 4.02. The van der Waals surface area contributed by atoms with E-state index in [0.717, 1.165) is 25.7 Å². The number of rotatable bonds is 3. The number of aromatic nitrogens is 4. The normalized spacial score (nSPS) is 10.7. The molecule has 10 heteroatoms. The van der Waals surface area contributed by atoms with Crippen molar-refractivity contribution in [3.8, 4) is 10.6 Å². The fraction of sp³-hybridized carbons (Fsp3) is 0. The number of nitrogens with zero attached hydrogens (tertiary/aromatic N) is 4. The van der Waals surface area contributed by atoms with Crippen LogP contribution in [0.4, 0.5) is 5.69 Å². The molecule has 7 nitrogen and oxygen atoms in total. The second-order valence-corrected chi connectivity index (χ2v) is 7.74. The van der Waals surface area contributed by atoms with E-state index in [-0.39, 0.29) is 11.0 Å². The maximum Gasteiger partial charge on any atom is 0.257 e. The maximum atomic E-state index is 12.3. The molecule has 4 aromatic rings. The molecule has 2 aromatic heterocycles. The summed E-state index contributed by atoms with van der Waals surface area (Å²) < 4.78 is 2.45. The van der Waals surface area contributed by atoms with E-state index >= 15 is 0 Å². The summed E-state index contributed by atoms with van der Waals surface area (Å²) in [6, 6.07) is 14.7. The van der Waals surface area contributed by atoms with Crippen LogP contribution in [0, 0.1) is 0 Å². The Morgan fingerprint density at radius 3 is 2.85 bits per heavy atom. The molecule has 0 aliphatic carbocycles. The summed E-state index contributed by atoms with van der Waals surface area (Å²) >= 11 is 10.0. The third-order valence-corrected chi connectivity index (χ3v) is 5.23. The van der Waals surface area contributed by atoms with E-state index in [9.17, 15) is 4.79 Å². The Kier molecular flexibility index (Phi) is 4.92. The highest BCUT2D eigenvalue weighted by Crippen LogP contribution is 2.26. The molecule has 0 unspecified atom stereocenters. The minimum absolute atomic E-state index is 0.218. The van der Waals surface area contributed by atoms with Crippen molar-refractivity contribution in [2.24, 2.45) is 0 Å². The lowest BCUT2D eigenvalue weighted by atomic mass is 10.2. The van der Waals surface area contributed by atoms with Crippen LogP contribution in [0.1, 0.15) is 10.4 Å². The summed E-state index contributed by atoms with van der Waals surface area (Å²) in [5.74, 6) is -0.279. The van der Waals surface area contributed by atoms with Gasteiger partial charge in [-0.25, -0.2) is 0 Å². The Balaban J connectivity index is 1.47. The molecule has 1 amide bonds. The molecule has 0 aliphatic rings. The first kappa shape index (κ1) is 17.7. The van der Waals surface area contributed by atoms with Gasteiger partial charge in [0, 0.05) is 21.3 Å². The van der Waals surface area contributed by atoms with Gasteiger partial charge in [0.1, 0.15) is 11.3 Å². The largest absolute Gasteiger partial charge is 0.332 e. The lowest BCUT2D eigenvalue weighted by molar-refractivity contribution is 0.0977. The van der Waals surface area contributed by atoms with Crippen molar-refractivity contribution < 1.29 is 4.79 Å². The van der Waals surface area contributed by atoms with Crippen LogP contribution in [0.3, 0.4) is 0 Å². The molecule has 0 bridgehead atoms. The second-order valence-electron chi connectivity index (χ2n) is 5.46. The first-order valence-corrected chi connectivity index (χ1v) is 9.75. The highest BCUT2D eigenvalue weighted by atomic mass is 79.9. The fourth-order valence-electron chi connectivity index (χ4n) is 2.37. The minimum atomic E-state index is -0.279. The first-order chi connectivity index (χ1) is 13.1. The molecular formula is C17H11BrN6OS2. The third-order valence-electron chi connectivity index (χ3n) is 3.57. The van der Waals surface area contributed by atoms with Crippen molar-refractivity contribution in [2.45, 2.75) is 0 Å². The number of anilines is 1. The summed E-state index contributed by atoms with van der Waals surface area (Å²) in [4.78, 5) is 13.0. The topological polar surface area (TPSA) is 84.2 Å². The van der Waals surface area contributed by atoms with Gasteiger partial charge in [-0.05, 0) is 42.5 Å². The van der Waals surface area contributed by atoms with Gasteiger partial charge in [-0.2, -0.15) is 9.61 Å². The van der Waals surface area contributed by atoms with Gasteiger partial charge in [0.25, 0.3) is 5.91 Å². The van der Waals surface area contributed by atoms with E-state index < -0.39 is 0 Å². The molecule has 0 atom stereocenters. The molecule has 27 heavy (non-hydrogen) atoms. The Morgan fingerprint density at radius 2 is 2.04 bits per heavy atom. The molecule has 0 fully saturated rings. The predicted molar refractivity (Wildman–Crippen MR) is 112 cm³/mol. The molecule has 0 aliphatic heterocycles. The zero-order chi connectivity index (χ0) is 18.8. The summed E-state index contributed by atoms with van der Waals surface area (Å²) in [6.07, 6.45) is 1.56. The number of halogens is 1. The van der Waals surface area contributed by atoms with E-state index in [2.05, 4.69) is 41.9 Å². The van der Waals surface area contributed by atoms with E-state index in [1.165, 1.54) is 11.3 Å². The van der Waals surface area contributed by atoms with Crippen LogP contribution in [-0.4, -0.2) is 30.8 Å². The van der Waals surface area contributed by atoms with Gasteiger partial charge >= 0.3 is 0 Å². The van der Waals surface area contributed by atoms with Gasteiger partial charge in [0.2, 0.25) is 4.96 Å². The van der Waals surface area contributed by atoms with Crippen molar-refractivity contribution in [1.29, 1.82) is 0 Å². The average molecular weight is 459 g/mol. The summed E-state index contributed by atoms with van der Waals surface area (Å²) in [5.41, 5.74) is 2.18. The standard InChI is InChI=1S/C17H11BrN6OS2/c18-12-5-1-3-10(7-12)14(25)21-16(26)20-13-6-2-4-11(8-13)15-23-24-9-19-22-17(24)27-15/h1-9H,(H2,20,21,25,26). The van der Waals surface area contributed by atoms with Crippen LogP contribution in [0.15, 0.2) is 59.3 Å². The molecule has 0 spiro atoms. The number of nitrogens with one attached hydrogen (secondary N) is 2. The van der Waals surface area contributed by atoms with Gasteiger partial charge in [-0.15, -0.1) is 10.2 Å².